The zero-order valence-electron chi connectivity index (χ0n) is 9.88. The number of carbonyl (C=O) groups is 1. The quantitative estimate of drug-likeness (QED) is 0.749. The summed E-state index contributed by atoms with van der Waals surface area (Å²) in [5.41, 5.74) is 10.8. The maximum Gasteiger partial charge on any atom is 0.220 e. The van der Waals surface area contributed by atoms with Crippen LogP contribution in [-0.4, -0.2) is 40.2 Å². The van der Waals surface area contributed by atoms with Crippen molar-refractivity contribution in [1.82, 2.24) is 14.7 Å². The Kier molecular flexibility index (Phi) is 3.63. The van der Waals surface area contributed by atoms with Gasteiger partial charge in [-0.05, 0) is 32.0 Å². The highest BCUT2D eigenvalue weighted by Crippen LogP contribution is 2.16. The fourth-order valence-corrected chi connectivity index (χ4v) is 2.19. The smallest absolute Gasteiger partial charge is 0.220 e. The highest BCUT2D eigenvalue weighted by molar-refractivity contribution is 5.76. The number of primary amides is 1. The molecule has 6 nitrogen and oxygen atoms in total. The maximum atomic E-state index is 11.0. The summed E-state index contributed by atoms with van der Waals surface area (Å²) in [7, 11) is 0. The predicted octanol–water partition coefficient (Wildman–Crippen LogP) is -0.337. The van der Waals surface area contributed by atoms with Gasteiger partial charge in [-0.1, -0.05) is 0 Å². The number of likely N-dealkylation sites (tertiary alicyclic amines) is 1. The molecule has 2 heterocycles. The van der Waals surface area contributed by atoms with Gasteiger partial charge in [0.05, 0.1) is 6.54 Å². The molecule has 0 bridgehead atoms. The van der Waals surface area contributed by atoms with Crippen LogP contribution in [0.15, 0.2) is 12.3 Å². The summed E-state index contributed by atoms with van der Waals surface area (Å²) >= 11 is 0. The highest BCUT2D eigenvalue weighted by Gasteiger charge is 2.22. The standard InChI is InChI=1S/C11H19N5O/c12-10-3-6-16(14-10)8-7-15-4-1-9(2-5-15)11(13)17/h3,6,9H,1-2,4-5,7-8H2,(H2,12,14)(H2,13,17). The Morgan fingerprint density at radius 1 is 1.41 bits per heavy atom. The average molecular weight is 237 g/mol. The van der Waals surface area contributed by atoms with Crippen molar-refractivity contribution in [3.63, 3.8) is 0 Å². The SMILES string of the molecule is NC(=O)C1CCN(CCn2ccc(N)n2)CC1. The Labute approximate surface area is 101 Å². The molecule has 1 aliphatic heterocycles. The highest BCUT2D eigenvalue weighted by atomic mass is 16.1. The second kappa shape index (κ2) is 5.18. The van der Waals surface area contributed by atoms with Gasteiger partial charge in [0.25, 0.3) is 0 Å². The van der Waals surface area contributed by atoms with Crippen LogP contribution in [0.2, 0.25) is 0 Å². The van der Waals surface area contributed by atoms with Gasteiger partial charge in [-0.15, -0.1) is 0 Å². The lowest BCUT2D eigenvalue weighted by Gasteiger charge is -2.30. The largest absolute Gasteiger partial charge is 0.382 e. The number of aromatic nitrogens is 2. The van der Waals surface area contributed by atoms with Crippen molar-refractivity contribution in [2.75, 3.05) is 25.4 Å². The van der Waals surface area contributed by atoms with E-state index in [4.69, 9.17) is 11.5 Å². The second-order valence-corrected chi connectivity index (χ2v) is 4.52. The average Bonchev–Trinajstić information content (AvgIpc) is 2.73. The van der Waals surface area contributed by atoms with Crippen LogP contribution >= 0.6 is 0 Å². The topological polar surface area (TPSA) is 90.2 Å². The van der Waals surface area contributed by atoms with Gasteiger partial charge in [0.1, 0.15) is 5.82 Å². The molecular formula is C11H19N5O. The third-order valence-electron chi connectivity index (χ3n) is 3.30. The van der Waals surface area contributed by atoms with Gasteiger partial charge < -0.3 is 16.4 Å². The van der Waals surface area contributed by atoms with Gasteiger partial charge in [0.15, 0.2) is 0 Å². The summed E-state index contributed by atoms with van der Waals surface area (Å²) < 4.78 is 1.84. The van der Waals surface area contributed by atoms with E-state index in [0.29, 0.717) is 5.82 Å². The molecular weight excluding hydrogens is 218 g/mol. The van der Waals surface area contributed by atoms with Gasteiger partial charge in [-0.2, -0.15) is 5.10 Å². The molecule has 2 rings (SSSR count). The number of nitrogen functional groups attached to an aromatic ring is 1. The number of nitrogens with two attached hydrogens (primary N) is 2. The van der Waals surface area contributed by atoms with E-state index >= 15 is 0 Å². The van der Waals surface area contributed by atoms with Crippen molar-refractivity contribution in [1.29, 1.82) is 0 Å². The Bertz CT molecular complexity index is 381. The monoisotopic (exact) mass is 237 g/mol. The number of piperidine rings is 1. The summed E-state index contributed by atoms with van der Waals surface area (Å²) in [4.78, 5) is 13.3. The lowest BCUT2D eigenvalue weighted by molar-refractivity contribution is -0.123. The number of rotatable bonds is 4. The molecule has 4 N–H and O–H groups in total. The van der Waals surface area contributed by atoms with Crippen LogP contribution < -0.4 is 11.5 Å². The molecule has 94 valence electrons. The van der Waals surface area contributed by atoms with Crippen molar-refractivity contribution in [2.45, 2.75) is 19.4 Å². The lowest BCUT2D eigenvalue weighted by atomic mass is 9.96. The number of anilines is 1. The van der Waals surface area contributed by atoms with Gasteiger partial charge in [-0.25, -0.2) is 0 Å². The first kappa shape index (κ1) is 11.9. The van der Waals surface area contributed by atoms with E-state index in [1.165, 1.54) is 0 Å². The van der Waals surface area contributed by atoms with E-state index in [0.717, 1.165) is 39.0 Å². The number of hydrogen-bond donors (Lipinski definition) is 2. The van der Waals surface area contributed by atoms with Crippen molar-refractivity contribution >= 4 is 11.7 Å². The Morgan fingerprint density at radius 3 is 2.65 bits per heavy atom. The third kappa shape index (κ3) is 3.20. The molecule has 0 aromatic carbocycles. The van der Waals surface area contributed by atoms with Crippen LogP contribution in [0, 0.1) is 5.92 Å². The summed E-state index contributed by atoms with van der Waals surface area (Å²) in [6.45, 7) is 3.64. The van der Waals surface area contributed by atoms with E-state index < -0.39 is 0 Å². The molecule has 0 spiro atoms. The first-order valence-electron chi connectivity index (χ1n) is 5.96. The third-order valence-corrected chi connectivity index (χ3v) is 3.30. The summed E-state index contributed by atoms with van der Waals surface area (Å²) in [6.07, 6.45) is 3.62. The Balaban J connectivity index is 1.73. The van der Waals surface area contributed by atoms with Crippen molar-refractivity contribution in [3.8, 4) is 0 Å². The number of amides is 1. The number of carbonyl (C=O) groups excluding carboxylic acids is 1. The van der Waals surface area contributed by atoms with Crippen molar-refractivity contribution in [3.05, 3.63) is 12.3 Å². The zero-order chi connectivity index (χ0) is 12.3. The second-order valence-electron chi connectivity index (χ2n) is 4.52. The van der Waals surface area contributed by atoms with E-state index in [2.05, 4.69) is 10.00 Å². The van der Waals surface area contributed by atoms with Crippen LogP contribution in [0.25, 0.3) is 0 Å². The maximum absolute atomic E-state index is 11.0. The minimum absolute atomic E-state index is 0.0617. The minimum atomic E-state index is -0.163. The molecule has 1 aromatic rings. The molecule has 1 aliphatic rings. The molecule has 1 amide bonds. The molecule has 1 saturated heterocycles. The van der Waals surface area contributed by atoms with Crippen LogP contribution in [-0.2, 0) is 11.3 Å². The Morgan fingerprint density at radius 2 is 2.12 bits per heavy atom. The zero-order valence-corrected chi connectivity index (χ0v) is 9.88. The van der Waals surface area contributed by atoms with E-state index in [-0.39, 0.29) is 11.8 Å². The number of hydrogen-bond acceptors (Lipinski definition) is 4. The lowest BCUT2D eigenvalue weighted by Crippen LogP contribution is -2.39. The summed E-state index contributed by atoms with van der Waals surface area (Å²) in [6, 6.07) is 1.79. The van der Waals surface area contributed by atoms with Crippen LogP contribution in [0.4, 0.5) is 5.82 Å². The van der Waals surface area contributed by atoms with Crippen molar-refractivity contribution in [2.24, 2.45) is 11.7 Å². The van der Waals surface area contributed by atoms with E-state index in [1.54, 1.807) is 6.07 Å². The first-order chi connectivity index (χ1) is 8.15. The molecule has 0 atom stereocenters. The van der Waals surface area contributed by atoms with Crippen molar-refractivity contribution < 1.29 is 4.79 Å². The Hall–Kier alpha value is -1.56. The molecule has 0 aliphatic carbocycles. The van der Waals surface area contributed by atoms with Crippen LogP contribution in [0.3, 0.4) is 0 Å². The molecule has 1 aromatic heterocycles. The van der Waals surface area contributed by atoms with Gasteiger partial charge >= 0.3 is 0 Å². The molecule has 0 unspecified atom stereocenters. The van der Waals surface area contributed by atoms with Crippen LogP contribution in [0.1, 0.15) is 12.8 Å². The van der Waals surface area contributed by atoms with E-state index in [9.17, 15) is 4.79 Å². The fourth-order valence-electron chi connectivity index (χ4n) is 2.19. The van der Waals surface area contributed by atoms with Gasteiger partial charge in [-0.3, -0.25) is 9.48 Å². The van der Waals surface area contributed by atoms with Crippen LogP contribution in [0.5, 0.6) is 0 Å². The fraction of sp³-hybridized carbons (Fsp3) is 0.636. The molecule has 17 heavy (non-hydrogen) atoms. The predicted molar refractivity (Wildman–Crippen MR) is 65.0 cm³/mol. The normalized spacial score (nSPS) is 18.4. The van der Waals surface area contributed by atoms with Gasteiger partial charge in [0.2, 0.25) is 5.91 Å². The molecule has 1 fully saturated rings. The van der Waals surface area contributed by atoms with Gasteiger partial charge in [0, 0.05) is 18.7 Å². The number of nitrogens with zero attached hydrogens (tertiary/aromatic N) is 3. The minimum Gasteiger partial charge on any atom is -0.382 e. The summed E-state index contributed by atoms with van der Waals surface area (Å²) in [5.74, 6) is 0.452. The first-order valence-corrected chi connectivity index (χ1v) is 5.96. The molecule has 0 radical (unpaired) electrons. The van der Waals surface area contributed by atoms with E-state index in [1.807, 2.05) is 10.9 Å². The summed E-state index contributed by atoms with van der Waals surface area (Å²) in [5, 5.41) is 4.13. The molecule has 6 heteroatoms. The molecule has 0 saturated carbocycles.